The van der Waals surface area contributed by atoms with Crippen LogP contribution in [0.2, 0.25) is 0 Å². The topological polar surface area (TPSA) is 61.9 Å². The van der Waals surface area contributed by atoms with Gasteiger partial charge in [0.1, 0.15) is 0 Å². The first-order valence-electron chi connectivity index (χ1n) is 6.13. The van der Waals surface area contributed by atoms with Crippen LogP contribution in [-0.4, -0.2) is 69.5 Å². The highest BCUT2D eigenvalue weighted by atomic mass is 32.2. The van der Waals surface area contributed by atoms with Gasteiger partial charge in [0.15, 0.2) is 0 Å². The molecule has 0 bridgehead atoms. The highest BCUT2D eigenvalue weighted by Crippen LogP contribution is 2.18. The van der Waals surface area contributed by atoms with Crippen molar-refractivity contribution >= 4 is 10.2 Å². The number of hydrogen-bond acceptors (Lipinski definition) is 4. The van der Waals surface area contributed by atoms with Crippen LogP contribution in [0.15, 0.2) is 0 Å². The molecule has 100 valence electrons. The third-order valence-corrected chi connectivity index (χ3v) is 5.50. The third-order valence-electron chi connectivity index (χ3n) is 3.46. The number of methoxy groups -OCH3 is 1. The van der Waals surface area contributed by atoms with Crippen LogP contribution in [0.1, 0.15) is 12.8 Å². The molecule has 0 amide bonds. The van der Waals surface area contributed by atoms with Gasteiger partial charge < -0.3 is 10.1 Å². The number of piperidine rings is 1. The van der Waals surface area contributed by atoms with Crippen LogP contribution in [-0.2, 0) is 14.9 Å². The zero-order chi connectivity index (χ0) is 12.3. The Labute approximate surface area is 103 Å². The summed E-state index contributed by atoms with van der Waals surface area (Å²) < 4.78 is 33.1. The Hall–Kier alpha value is -0.210. The van der Waals surface area contributed by atoms with Crippen molar-refractivity contribution in [2.45, 2.75) is 18.9 Å². The van der Waals surface area contributed by atoms with E-state index in [1.54, 1.807) is 15.7 Å². The highest BCUT2D eigenvalue weighted by molar-refractivity contribution is 7.86. The monoisotopic (exact) mass is 263 g/mol. The first-order chi connectivity index (χ1) is 8.14. The molecular weight excluding hydrogens is 242 g/mol. The summed E-state index contributed by atoms with van der Waals surface area (Å²) in [6.45, 7) is 3.79. The molecule has 0 saturated carbocycles. The second kappa shape index (κ2) is 5.62. The average molecular weight is 263 g/mol. The maximum absolute atomic E-state index is 12.3. The molecule has 0 aliphatic carbocycles. The van der Waals surface area contributed by atoms with Crippen molar-refractivity contribution in [1.82, 2.24) is 13.9 Å². The van der Waals surface area contributed by atoms with Gasteiger partial charge in [0.25, 0.3) is 10.2 Å². The van der Waals surface area contributed by atoms with E-state index in [1.807, 2.05) is 0 Å². The minimum Gasteiger partial charge on any atom is -0.381 e. The first kappa shape index (κ1) is 13.2. The molecule has 0 spiro atoms. The standard InChI is InChI=1S/C10H21N3O3S/c1-16-10-2-6-12(7-3-10)17(14,15)13-8-4-11-5-9-13/h10-11H,2-9H2,1H3. The highest BCUT2D eigenvalue weighted by Gasteiger charge is 2.33. The molecule has 0 aromatic heterocycles. The Balaban J connectivity index is 1.96. The van der Waals surface area contributed by atoms with Crippen molar-refractivity contribution in [3.05, 3.63) is 0 Å². The fourth-order valence-electron chi connectivity index (χ4n) is 2.34. The normalized spacial score (nSPS) is 26.2. The summed E-state index contributed by atoms with van der Waals surface area (Å²) in [6, 6.07) is 0. The maximum Gasteiger partial charge on any atom is 0.282 e. The summed E-state index contributed by atoms with van der Waals surface area (Å²) in [4.78, 5) is 0. The van der Waals surface area contributed by atoms with Crippen molar-refractivity contribution in [2.75, 3.05) is 46.4 Å². The third kappa shape index (κ3) is 2.97. The minimum atomic E-state index is -3.25. The lowest BCUT2D eigenvalue weighted by molar-refractivity contribution is 0.0590. The van der Waals surface area contributed by atoms with Crippen LogP contribution >= 0.6 is 0 Å². The van der Waals surface area contributed by atoms with E-state index in [0.717, 1.165) is 25.9 Å². The summed E-state index contributed by atoms with van der Waals surface area (Å²) >= 11 is 0. The Morgan fingerprint density at radius 1 is 1.06 bits per heavy atom. The second-order valence-electron chi connectivity index (χ2n) is 4.49. The number of hydrogen-bond donors (Lipinski definition) is 1. The van der Waals surface area contributed by atoms with E-state index in [1.165, 1.54) is 0 Å². The van der Waals surface area contributed by atoms with Gasteiger partial charge in [0, 0.05) is 46.4 Å². The van der Waals surface area contributed by atoms with Crippen LogP contribution in [0.3, 0.4) is 0 Å². The molecule has 0 unspecified atom stereocenters. The molecule has 0 aromatic rings. The van der Waals surface area contributed by atoms with Gasteiger partial charge >= 0.3 is 0 Å². The van der Waals surface area contributed by atoms with Gasteiger partial charge in [-0.05, 0) is 12.8 Å². The van der Waals surface area contributed by atoms with Gasteiger partial charge in [-0.3, -0.25) is 0 Å². The number of piperazine rings is 1. The van der Waals surface area contributed by atoms with Gasteiger partial charge in [-0.1, -0.05) is 0 Å². The molecule has 17 heavy (non-hydrogen) atoms. The molecule has 2 aliphatic rings. The fraction of sp³-hybridized carbons (Fsp3) is 1.00. The maximum atomic E-state index is 12.3. The van der Waals surface area contributed by atoms with Crippen molar-refractivity contribution in [1.29, 1.82) is 0 Å². The van der Waals surface area contributed by atoms with E-state index >= 15 is 0 Å². The summed E-state index contributed by atoms with van der Waals surface area (Å²) in [6.07, 6.45) is 1.80. The largest absolute Gasteiger partial charge is 0.381 e. The van der Waals surface area contributed by atoms with Crippen LogP contribution in [0, 0.1) is 0 Å². The Kier molecular flexibility index (Phi) is 4.37. The first-order valence-corrected chi connectivity index (χ1v) is 7.53. The van der Waals surface area contributed by atoms with Crippen molar-refractivity contribution in [2.24, 2.45) is 0 Å². The SMILES string of the molecule is COC1CCN(S(=O)(=O)N2CCNCC2)CC1. The Morgan fingerprint density at radius 2 is 1.59 bits per heavy atom. The van der Waals surface area contributed by atoms with Crippen LogP contribution in [0.4, 0.5) is 0 Å². The Bertz CT molecular complexity index is 333. The van der Waals surface area contributed by atoms with Gasteiger partial charge in [-0.2, -0.15) is 17.0 Å². The molecule has 1 N–H and O–H groups in total. The quantitative estimate of drug-likeness (QED) is 0.727. The number of nitrogens with zero attached hydrogens (tertiary/aromatic N) is 2. The Morgan fingerprint density at radius 3 is 2.12 bits per heavy atom. The smallest absolute Gasteiger partial charge is 0.282 e. The van der Waals surface area contributed by atoms with Gasteiger partial charge in [0.05, 0.1) is 6.10 Å². The van der Waals surface area contributed by atoms with Crippen LogP contribution < -0.4 is 5.32 Å². The zero-order valence-corrected chi connectivity index (χ0v) is 11.1. The molecule has 2 heterocycles. The minimum absolute atomic E-state index is 0.212. The van der Waals surface area contributed by atoms with Crippen LogP contribution in [0.5, 0.6) is 0 Å². The lowest BCUT2D eigenvalue weighted by Gasteiger charge is -2.35. The molecule has 0 aromatic carbocycles. The second-order valence-corrected chi connectivity index (χ2v) is 6.42. The number of nitrogens with one attached hydrogen (secondary N) is 1. The molecule has 2 saturated heterocycles. The van der Waals surface area contributed by atoms with Gasteiger partial charge in [-0.25, -0.2) is 0 Å². The summed E-state index contributed by atoms with van der Waals surface area (Å²) in [5.74, 6) is 0. The number of ether oxygens (including phenoxy) is 1. The number of rotatable bonds is 3. The summed E-state index contributed by atoms with van der Waals surface area (Å²) in [7, 11) is -1.56. The van der Waals surface area contributed by atoms with Gasteiger partial charge in [-0.15, -0.1) is 0 Å². The molecule has 6 nitrogen and oxygen atoms in total. The van der Waals surface area contributed by atoms with Crippen LogP contribution in [0.25, 0.3) is 0 Å². The van der Waals surface area contributed by atoms with Crippen molar-refractivity contribution in [3.63, 3.8) is 0 Å². The lowest BCUT2D eigenvalue weighted by atomic mass is 10.1. The van der Waals surface area contributed by atoms with Gasteiger partial charge in [0.2, 0.25) is 0 Å². The zero-order valence-electron chi connectivity index (χ0n) is 10.3. The average Bonchev–Trinajstić information content (AvgIpc) is 2.40. The predicted octanol–water partition coefficient (Wildman–Crippen LogP) is -0.753. The summed E-state index contributed by atoms with van der Waals surface area (Å²) in [5.41, 5.74) is 0. The van der Waals surface area contributed by atoms with E-state index in [-0.39, 0.29) is 6.10 Å². The van der Waals surface area contributed by atoms with E-state index in [0.29, 0.717) is 26.2 Å². The molecule has 0 radical (unpaired) electrons. The molecule has 0 atom stereocenters. The molecule has 7 heteroatoms. The van der Waals surface area contributed by atoms with E-state index in [4.69, 9.17) is 4.74 Å². The van der Waals surface area contributed by atoms with Crippen molar-refractivity contribution < 1.29 is 13.2 Å². The molecule has 2 fully saturated rings. The van der Waals surface area contributed by atoms with E-state index in [9.17, 15) is 8.42 Å². The van der Waals surface area contributed by atoms with Crippen molar-refractivity contribution in [3.8, 4) is 0 Å². The molecule has 2 rings (SSSR count). The fourth-order valence-corrected chi connectivity index (χ4v) is 3.98. The summed E-state index contributed by atoms with van der Waals surface area (Å²) in [5, 5.41) is 3.16. The van der Waals surface area contributed by atoms with E-state index in [2.05, 4.69) is 5.32 Å². The lowest BCUT2D eigenvalue weighted by Crippen LogP contribution is -2.53. The predicted molar refractivity (Wildman–Crippen MR) is 65.0 cm³/mol. The van der Waals surface area contributed by atoms with E-state index < -0.39 is 10.2 Å². The molecular formula is C10H21N3O3S. The molecule has 2 aliphatic heterocycles.